The molecule has 1 aromatic rings. The van der Waals surface area contributed by atoms with Gasteiger partial charge in [0.2, 0.25) is 0 Å². The number of rotatable bonds is 7. The highest BCUT2D eigenvalue weighted by Gasteiger charge is 2.14. The highest BCUT2D eigenvalue weighted by molar-refractivity contribution is 5.47. The van der Waals surface area contributed by atoms with E-state index in [2.05, 4.69) is 39.8 Å². The van der Waals surface area contributed by atoms with Crippen LogP contribution in [-0.4, -0.2) is 35.6 Å². The van der Waals surface area contributed by atoms with Crippen molar-refractivity contribution in [2.24, 2.45) is 5.92 Å². The molecule has 3 N–H and O–H groups in total. The van der Waals surface area contributed by atoms with E-state index in [0.29, 0.717) is 6.04 Å². The topological polar surface area (TPSA) is 61.9 Å². The molecule has 5 heteroatoms. The van der Waals surface area contributed by atoms with Crippen molar-refractivity contribution in [3.8, 4) is 0 Å². The number of nitrogens with one attached hydrogen (secondary N) is 3. The van der Waals surface area contributed by atoms with E-state index in [4.69, 9.17) is 0 Å². The summed E-state index contributed by atoms with van der Waals surface area (Å²) in [6.07, 6.45) is 5.20. The second kappa shape index (κ2) is 7.28. The molecule has 1 unspecified atom stereocenters. The molecule has 2 rings (SSSR count). The molecule has 0 saturated carbocycles. The van der Waals surface area contributed by atoms with E-state index in [1.165, 1.54) is 12.8 Å². The van der Waals surface area contributed by atoms with Crippen LogP contribution in [0.15, 0.2) is 12.4 Å². The van der Waals surface area contributed by atoms with E-state index in [0.717, 1.165) is 43.6 Å². The lowest BCUT2D eigenvalue weighted by atomic mass is 10.1. The van der Waals surface area contributed by atoms with Crippen LogP contribution >= 0.6 is 0 Å². The van der Waals surface area contributed by atoms with Gasteiger partial charge in [-0.15, -0.1) is 0 Å². The van der Waals surface area contributed by atoms with Crippen LogP contribution in [0, 0.1) is 5.92 Å². The zero-order valence-corrected chi connectivity index (χ0v) is 11.9. The van der Waals surface area contributed by atoms with Crippen molar-refractivity contribution in [1.82, 2.24) is 15.3 Å². The van der Waals surface area contributed by atoms with Crippen molar-refractivity contribution in [2.75, 3.05) is 30.3 Å². The molecule has 19 heavy (non-hydrogen) atoms. The molecule has 1 aliphatic rings. The quantitative estimate of drug-likeness (QED) is 0.658. The highest BCUT2D eigenvalue weighted by atomic mass is 15.1. The van der Waals surface area contributed by atoms with E-state index in [1.54, 1.807) is 6.33 Å². The number of hydrogen-bond donors (Lipinski definition) is 3. The molecule has 0 amide bonds. The average molecular weight is 263 g/mol. The van der Waals surface area contributed by atoms with Crippen molar-refractivity contribution in [2.45, 2.75) is 39.2 Å². The fourth-order valence-electron chi connectivity index (χ4n) is 2.25. The summed E-state index contributed by atoms with van der Waals surface area (Å²) in [5.41, 5.74) is 0. The standard InChI is InChI=1S/C14H25N5/c1-11(2)4-3-6-16-13-8-14(18-10-17-13)19-12-5-7-15-9-12/h8,10-12,15H,3-7,9H2,1-2H3,(H2,16,17,18,19). The van der Waals surface area contributed by atoms with Gasteiger partial charge in [-0.1, -0.05) is 13.8 Å². The SMILES string of the molecule is CC(C)CCCNc1cc(NC2CCNC2)ncn1. The summed E-state index contributed by atoms with van der Waals surface area (Å²) in [5.74, 6) is 2.58. The molecule has 5 nitrogen and oxygen atoms in total. The molecule has 0 aliphatic carbocycles. The third-order valence-corrected chi connectivity index (χ3v) is 3.34. The summed E-state index contributed by atoms with van der Waals surface area (Å²) < 4.78 is 0. The normalized spacial score (nSPS) is 18.8. The van der Waals surface area contributed by atoms with Gasteiger partial charge in [-0.3, -0.25) is 0 Å². The third-order valence-electron chi connectivity index (χ3n) is 3.34. The van der Waals surface area contributed by atoms with Crippen molar-refractivity contribution in [3.63, 3.8) is 0 Å². The highest BCUT2D eigenvalue weighted by Crippen LogP contribution is 2.12. The van der Waals surface area contributed by atoms with Crippen molar-refractivity contribution >= 4 is 11.6 Å². The molecule has 0 spiro atoms. The minimum Gasteiger partial charge on any atom is -0.370 e. The Kier molecular flexibility index (Phi) is 5.39. The van der Waals surface area contributed by atoms with Gasteiger partial charge in [-0.25, -0.2) is 9.97 Å². The van der Waals surface area contributed by atoms with Gasteiger partial charge in [0.15, 0.2) is 0 Å². The lowest BCUT2D eigenvalue weighted by Crippen LogP contribution is -2.22. The minimum absolute atomic E-state index is 0.490. The maximum Gasteiger partial charge on any atom is 0.131 e. The Morgan fingerprint density at radius 1 is 1.37 bits per heavy atom. The smallest absolute Gasteiger partial charge is 0.131 e. The van der Waals surface area contributed by atoms with E-state index in [1.807, 2.05) is 6.07 Å². The number of hydrogen-bond acceptors (Lipinski definition) is 5. The van der Waals surface area contributed by atoms with Crippen molar-refractivity contribution < 1.29 is 0 Å². The predicted octanol–water partition coefficient (Wildman–Crippen LogP) is 2.10. The monoisotopic (exact) mass is 263 g/mol. The van der Waals surface area contributed by atoms with E-state index in [9.17, 15) is 0 Å². The number of aromatic nitrogens is 2. The van der Waals surface area contributed by atoms with Crippen molar-refractivity contribution in [1.29, 1.82) is 0 Å². The Bertz CT molecular complexity index is 374. The molecule has 1 fully saturated rings. The number of nitrogens with zero attached hydrogens (tertiary/aromatic N) is 2. The lowest BCUT2D eigenvalue weighted by molar-refractivity contribution is 0.566. The van der Waals surface area contributed by atoms with Crippen LogP contribution in [0.25, 0.3) is 0 Å². The third kappa shape index (κ3) is 5.03. The fraction of sp³-hybridized carbons (Fsp3) is 0.714. The van der Waals surface area contributed by atoms with Crippen LogP contribution < -0.4 is 16.0 Å². The summed E-state index contributed by atoms with van der Waals surface area (Å²) in [7, 11) is 0. The van der Waals surface area contributed by atoms with Gasteiger partial charge in [-0.2, -0.15) is 0 Å². The first-order chi connectivity index (χ1) is 9.24. The molecule has 1 atom stereocenters. The average Bonchev–Trinajstić information content (AvgIpc) is 2.88. The Hall–Kier alpha value is -1.36. The number of anilines is 2. The van der Waals surface area contributed by atoms with Crippen molar-refractivity contribution in [3.05, 3.63) is 12.4 Å². The van der Waals surface area contributed by atoms with Crippen LogP contribution in [0.3, 0.4) is 0 Å². The Morgan fingerprint density at radius 3 is 2.95 bits per heavy atom. The van der Waals surface area contributed by atoms with Crippen LogP contribution in [0.1, 0.15) is 33.1 Å². The molecular weight excluding hydrogens is 238 g/mol. The summed E-state index contributed by atoms with van der Waals surface area (Å²) in [5, 5.41) is 10.1. The van der Waals surface area contributed by atoms with E-state index < -0.39 is 0 Å². The Balaban J connectivity index is 1.77. The first-order valence-corrected chi connectivity index (χ1v) is 7.27. The summed E-state index contributed by atoms with van der Waals surface area (Å²) in [6.45, 7) is 7.58. The lowest BCUT2D eigenvalue weighted by Gasteiger charge is -2.13. The molecule has 1 saturated heterocycles. The van der Waals surface area contributed by atoms with Crippen LogP contribution in [0.4, 0.5) is 11.6 Å². The van der Waals surface area contributed by atoms with E-state index in [-0.39, 0.29) is 0 Å². The summed E-state index contributed by atoms with van der Waals surface area (Å²) in [6, 6.07) is 2.48. The largest absolute Gasteiger partial charge is 0.370 e. The maximum atomic E-state index is 4.27. The van der Waals surface area contributed by atoms with Crippen LogP contribution in [-0.2, 0) is 0 Å². The predicted molar refractivity (Wildman–Crippen MR) is 79.5 cm³/mol. The Morgan fingerprint density at radius 2 is 2.21 bits per heavy atom. The summed E-state index contributed by atoms with van der Waals surface area (Å²) in [4.78, 5) is 8.52. The van der Waals surface area contributed by atoms with Gasteiger partial charge >= 0.3 is 0 Å². The molecule has 106 valence electrons. The van der Waals surface area contributed by atoms with Gasteiger partial charge in [-0.05, 0) is 31.7 Å². The Labute approximate surface area is 115 Å². The second-order valence-electron chi connectivity index (χ2n) is 5.59. The molecule has 0 radical (unpaired) electrons. The zero-order valence-electron chi connectivity index (χ0n) is 11.9. The van der Waals surface area contributed by atoms with Crippen LogP contribution in [0.2, 0.25) is 0 Å². The molecule has 1 aromatic heterocycles. The molecule has 2 heterocycles. The first kappa shape index (κ1) is 14.1. The second-order valence-corrected chi connectivity index (χ2v) is 5.59. The summed E-state index contributed by atoms with van der Waals surface area (Å²) >= 11 is 0. The molecule has 0 aromatic carbocycles. The van der Waals surface area contributed by atoms with Gasteiger partial charge in [0, 0.05) is 25.2 Å². The minimum atomic E-state index is 0.490. The van der Waals surface area contributed by atoms with E-state index >= 15 is 0 Å². The van der Waals surface area contributed by atoms with Gasteiger partial charge in [0.25, 0.3) is 0 Å². The van der Waals surface area contributed by atoms with Gasteiger partial charge in [0.05, 0.1) is 0 Å². The maximum absolute atomic E-state index is 4.27. The van der Waals surface area contributed by atoms with Gasteiger partial charge in [0.1, 0.15) is 18.0 Å². The zero-order chi connectivity index (χ0) is 13.5. The fourth-order valence-corrected chi connectivity index (χ4v) is 2.25. The molecular formula is C14H25N5. The first-order valence-electron chi connectivity index (χ1n) is 7.27. The van der Waals surface area contributed by atoms with Crippen LogP contribution in [0.5, 0.6) is 0 Å². The molecule has 0 bridgehead atoms. The van der Waals surface area contributed by atoms with Gasteiger partial charge < -0.3 is 16.0 Å². The molecule has 1 aliphatic heterocycles.